The first kappa shape index (κ1) is 17.7. The number of benzene rings is 1. The Hall–Kier alpha value is -3.75. The summed E-state index contributed by atoms with van der Waals surface area (Å²) in [5.41, 5.74) is 5.00. The third-order valence-electron chi connectivity index (χ3n) is 4.59. The Labute approximate surface area is 161 Å². The largest absolute Gasteiger partial charge is 0.352 e. The fraction of sp³-hybridized carbons (Fsp3) is 0.211. The Balaban J connectivity index is 1.76. The van der Waals surface area contributed by atoms with Gasteiger partial charge in [0.15, 0.2) is 11.6 Å². The maximum Gasteiger partial charge on any atom is 0.253 e. The zero-order valence-corrected chi connectivity index (χ0v) is 15.8. The number of carbonyl (C=O) groups excluding carboxylic acids is 1. The van der Waals surface area contributed by atoms with Crippen LogP contribution in [0.25, 0.3) is 16.9 Å². The molecule has 9 heteroatoms. The highest BCUT2D eigenvalue weighted by molar-refractivity contribution is 5.99. The highest BCUT2D eigenvalue weighted by Crippen LogP contribution is 2.29. The third kappa shape index (κ3) is 3.07. The van der Waals surface area contributed by atoms with Crippen LogP contribution in [0.2, 0.25) is 0 Å². The highest BCUT2D eigenvalue weighted by atomic mass is 16.1. The van der Waals surface area contributed by atoms with Gasteiger partial charge < -0.3 is 10.6 Å². The summed E-state index contributed by atoms with van der Waals surface area (Å²) in [6.07, 6.45) is 4.66. The minimum atomic E-state index is -0.125. The van der Waals surface area contributed by atoms with Crippen molar-refractivity contribution in [1.29, 1.82) is 0 Å². The number of nitrogens with zero attached hydrogens (tertiary/aromatic N) is 5. The molecule has 3 N–H and O–H groups in total. The molecular formula is C19H20N8O. The van der Waals surface area contributed by atoms with Gasteiger partial charge in [0.2, 0.25) is 0 Å². The lowest BCUT2D eigenvalue weighted by molar-refractivity contribution is 0.0955. The summed E-state index contributed by atoms with van der Waals surface area (Å²) in [6.45, 7) is 6.36. The smallest absolute Gasteiger partial charge is 0.253 e. The zero-order valence-electron chi connectivity index (χ0n) is 15.8. The van der Waals surface area contributed by atoms with E-state index in [0.717, 1.165) is 27.9 Å². The van der Waals surface area contributed by atoms with Gasteiger partial charge in [-0.3, -0.25) is 9.89 Å². The molecule has 1 aromatic carbocycles. The van der Waals surface area contributed by atoms with Crippen LogP contribution in [0.5, 0.6) is 0 Å². The summed E-state index contributed by atoms with van der Waals surface area (Å²) in [5, 5.41) is 17.2. The summed E-state index contributed by atoms with van der Waals surface area (Å²) in [6, 6.07) is 5.97. The van der Waals surface area contributed by atoms with Gasteiger partial charge in [-0.15, -0.1) is 0 Å². The molecule has 1 amide bonds. The molecule has 0 bridgehead atoms. The van der Waals surface area contributed by atoms with Crippen molar-refractivity contribution in [1.82, 2.24) is 35.1 Å². The van der Waals surface area contributed by atoms with Crippen molar-refractivity contribution < 1.29 is 4.79 Å². The number of hydrogen-bond donors (Lipinski definition) is 3. The first-order valence-corrected chi connectivity index (χ1v) is 8.93. The number of nitrogens with one attached hydrogen (secondary N) is 3. The number of carbonyl (C=O) groups is 1. The fourth-order valence-electron chi connectivity index (χ4n) is 3.11. The number of hydrogen-bond acceptors (Lipinski definition) is 6. The molecule has 4 aromatic rings. The molecule has 0 spiro atoms. The predicted octanol–water partition coefficient (Wildman–Crippen LogP) is 2.62. The van der Waals surface area contributed by atoms with E-state index in [1.165, 1.54) is 12.7 Å². The fourth-order valence-corrected chi connectivity index (χ4v) is 3.11. The summed E-state index contributed by atoms with van der Waals surface area (Å²) < 4.78 is 1.67. The molecule has 0 aliphatic heterocycles. The second-order valence-electron chi connectivity index (χ2n) is 6.42. The van der Waals surface area contributed by atoms with E-state index in [-0.39, 0.29) is 5.91 Å². The lowest BCUT2D eigenvalue weighted by atomic mass is 10.1. The topological polar surface area (TPSA) is 113 Å². The molecule has 3 aromatic heterocycles. The number of anilines is 2. The summed E-state index contributed by atoms with van der Waals surface area (Å²) in [4.78, 5) is 20.9. The second kappa shape index (κ2) is 7.10. The third-order valence-corrected chi connectivity index (χ3v) is 4.59. The molecule has 28 heavy (non-hydrogen) atoms. The Kier molecular flexibility index (Phi) is 4.48. The van der Waals surface area contributed by atoms with Crippen LogP contribution in [0, 0.1) is 13.8 Å². The Morgan fingerprint density at radius 1 is 1.21 bits per heavy atom. The van der Waals surface area contributed by atoms with Gasteiger partial charge in [0.25, 0.3) is 5.91 Å². The summed E-state index contributed by atoms with van der Waals surface area (Å²) in [5.74, 6) is 1.19. The normalized spacial score (nSPS) is 11.0. The Bertz CT molecular complexity index is 1150. The van der Waals surface area contributed by atoms with Crippen LogP contribution in [0.1, 0.15) is 28.4 Å². The average Bonchev–Trinajstić information content (AvgIpc) is 3.33. The van der Waals surface area contributed by atoms with Crippen LogP contribution in [0.4, 0.5) is 11.5 Å². The molecule has 0 aliphatic carbocycles. The number of fused-ring (bicyclic) bond motifs is 1. The minimum Gasteiger partial charge on any atom is -0.352 e. The average molecular weight is 376 g/mol. The summed E-state index contributed by atoms with van der Waals surface area (Å²) >= 11 is 0. The molecule has 0 radical (unpaired) electrons. The highest BCUT2D eigenvalue weighted by Gasteiger charge is 2.18. The van der Waals surface area contributed by atoms with Gasteiger partial charge in [-0.05, 0) is 38.0 Å². The second-order valence-corrected chi connectivity index (χ2v) is 6.42. The van der Waals surface area contributed by atoms with E-state index in [9.17, 15) is 4.79 Å². The molecule has 0 fully saturated rings. The Morgan fingerprint density at radius 3 is 2.82 bits per heavy atom. The van der Waals surface area contributed by atoms with E-state index in [0.29, 0.717) is 23.8 Å². The molecule has 9 nitrogen and oxygen atoms in total. The SMILES string of the molecule is CCNC(=O)c1cn2ncnc(Nc3cc(-c4ncn[nH]4)ccc3C)c2c1C. The van der Waals surface area contributed by atoms with Crippen LogP contribution < -0.4 is 10.6 Å². The monoisotopic (exact) mass is 376 g/mol. The summed E-state index contributed by atoms with van der Waals surface area (Å²) in [7, 11) is 0. The standard InChI is InChI=1S/C19H20N8O/c1-4-20-19(28)14-8-27-16(12(14)3)18(22-10-24-27)25-15-7-13(6-5-11(15)2)17-21-9-23-26-17/h5-10H,4H2,1-3H3,(H,20,28)(H,21,23,26)(H,22,24,25). The van der Waals surface area contributed by atoms with E-state index in [2.05, 4.69) is 35.9 Å². The number of H-pyrrole nitrogens is 1. The number of amides is 1. The van der Waals surface area contributed by atoms with Gasteiger partial charge in [0, 0.05) is 24.0 Å². The Morgan fingerprint density at radius 2 is 2.07 bits per heavy atom. The maximum atomic E-state index is 12.3. The minimum absolute atomic E-state index is 0.125. The first-order chi connectivity index (χ1) is 13.6. The van der Waals surface area contributed by atoms with Gasteiger partial charge in [0.05, 0.1) is 5.56 Å². The number of aryl methyl sites for hydroxylation is 2. The van der Waals surface area contributed by atoms with Gasteiger partial charge >= 0.3 is 0 Å². The van der Waals surface area contributed by atoms with E-state index >= 15 is 0 Å². The van der Waals surface area contributed by atoms with E-state index in [1.807, 2.05) is 39.0 Å². The molecular weight excluding hydrogens is 356 g/mol. The van der Waals surface area contributed by atoms with Crippen molar-refractivity contribution in [3.8, 4) is 11.4 Å². The predicted molar refractivity (Wildman–Crippen MR) is 106 cm³/mol. The van der Waals surface area contributed by atoms with Gasteiger partial charge in [-0.2, -0.15) is 10.2 Å². The molecule has 3 heterocycles. The van der Waals surface area contributed by atoms with Gasteiger partial charge in [-0.25, -0.2) is 14.5 Å². The van der Waals surface area contributed by atoms with Gasteiger partial charge in [0.1, 0.15) is 18.2 Å². The van der Waals surface area contributed by atoms with Crippen LogP contribution in [-0.4, -0.2) is 42.2 Å². The van der Waals surface area contributed by atoms with Crippen molar-refractivity contribution in [3.63, 3.8) is 0 Å². The molecule has 0 saturated carbocycles. The van der Waals surface area contributed by atoms with Crippen molar-refractivity contribution in [2.75, 3.05) is 11.9 Å². The van der Waals surface area contributed by atoms with Crippen LogP contribution in [-0.2, 0) is 0 Å². The molecule has 142 valence electrons. The molecule has 4 rings (SSSR count). The van der Waals surface area contributed by atoms with E-state index in [1.54, 1.807) is 10.7 Å². The van der Waals surface area contributed by atoms with Gasteiger partial charge in [-0.1, -0.05) is 12.1 Å². The van der Waals surface area contributed by atoms with Crippen LogP contribution >= 0.6 is 0 Å². The molecule has 0 unspecified atom stereocenters. The maximum absolute atomic E-state index is 12.3. The number of aromatic nitrogens is 6. The molecule has 0 aliphatic rings. The van der Waals surface area contributed by atoms with Crippen LogP contribution in [0.15, 0.2) is 37.1 Å². The lowest BCUT2D eigenvalue weighted by Gasteiger charge is -2.11. The van der Waals surface area contributed by atoms with Crippen molar-refractivity contribution in [2.45, 2.75) is 20.8 Å². The van der Waals surface area contributed by atoms with Crippen molar-refractivity contribution in [2.24, 2.45) is 0 Å². The van der Waals surface area contributed by atoms with Crippen molar-refractivity contribution >= 4 is 22.9 Å². The number of aromatic amines is 1. The lowest BCUT2D eigenvalue weighted by Crippen LogP contribution is -2.22. The number of rotatable bonds is 5. The first-order valence-electron chi connectivity index (χ1n) is 8.93. The zero-order chi connectivity index (χ0) is 19.7. The molecule has 0 saturated heterocycles. The van der Waals surface area contributed by atoms with E-state index in [4.69, 9.17) is 0 Å². The molecule has 0 atom stereocenters. The quantitative estimate of drug-likeness (QED) is 0.493. The van der Waals surface area contributed by atoms with E-state index < -0.39 is 0 Å². The van der Waals surface area contributed by atoms with Crippen molar-refractivity contribution in [3.05, 3.63) is 53.7 Å². The van der Waals surface area contributed by atoms with Crippen LogP contribution in [0.3, 0.4) is 0 Å².